The Bertz CT molecular complexity index is 1160. The molecular formula is C24H24N2O5. The van der Waals surface area contributed by atoms with Crippen molar-refractivity contribution in [2.75, 3.05) is 6.54 Å². The van der Waals surface area contributed by atoms with Crippen LogP contribution in [0.1, 0.15) is 39.2 Å². The van der Waals surface area contributed by atoms with E-state index in [9.17, 15) is 24.9 Å². The van der Waals surface area contributed by atoms with Gasteiger partial charge in [0, 0.05) is 36.0 Å². The molecule has 1 aliphatic heterocycles. The number of β-amino-alcohol motifs (C(OH)–C–C–N with tert-alkyl or cyclic N) is 1. The highest BCUT2D eigenvalue weighted by Gasteiger charge is 2.39. The molecule has 1 fully saturated rings. The summed E-state index contributed by atoms with van der Waals surface area (Å²) in [5, 5.41) is 30.0. The van der Waals surface area contributed by atoms with E-state index in [1.165, 1.54) is 4.90 Å². The number of pyridine rings is 1. The Hall–Kier alpha value is -3.29. The van der Waals surface area contributed by atoms with Crippen LogP contribution >= 0.6 is 0 Å². The quantitative estimate of drug-likeness (QED) is 0.584. The zero-order valence-corrected chi connectivity index (χ0v) is 17.2. The molecule has 3 N–H and O–H groups in total. The van der Waals surface area contributed by atoms with Crippen molar-refractivity contribution in [3.05, 3.63) is 76.5 Å². The Kier molecular flexibility index (Phi) is 5.71. The molecule has 160 valence electrons. The second-order valence-electron chi connectivity index (χ2n) is 7.93. The number of carboxylic acid groups (broad SMARTS) is 1. The second kappa shape index (κ2) is 8.45. The van der Waals surface area contributed by atoms with Crippen molar-refractivity contribution in [1.29, 1.82) is 0 Å². The number of amides is 1. The number of aliphatic hydroxyl groups excluding tert-OH is 2. The molecular weight excluding hydrogens is 396 g/mol. The van der Waals surface area contributed by atoms with Gasteiger partial charge < -0.3 is 20.2 Å². The Morgan fingerprint density at radius 3 is 2.58 bits per heavy atom. The van der Waals surface area contributed by atoms with Crippen LogP contribution in [0.15, 0.2) is 48.5 Å². The van der Waals surface area contributed by atoms with Crippen molar-refractivity contribution in [3.63, 3.8) is 0 Å². The molecule has 2 heterocycles. The summed E-state index contributed by atoms with van der Waals surface area (Å²) in [6.45, 7) is 1.78. The molecule has 0 radical (unpaired) electrons. The lowest BCUT2D eigenvalue weighted by molar-refractivity contribution is -0.141. The fourth-order valence-corrected chi connectivity index (χ4v) is 4.31. The van der Waals surface area contributed by atoms with Gasteiger partial charge in [-0.3, -0.25) is 9.78 Å². The molecule has 2 atom stereocenters. The van der Waals surface area contributed by atoms with Gasteiger partial charge in [-0.1, -0.05) is 36.4 Å². The predicted molar refractivity (Wildman–Crippen MR) is 115 cm³/mol. The van der Waals surface area contributed by atoms with Gasteiger partial charge in [0.25, 0.3) is 5.91 Å². The van der Waals surface area contributed by atoms with Crippen LogP contribution in [-0.2, 0) is 17.8 Å². The average molecular weight is 420 g/mol. The zero-order chi connectivity index (χ0) is 22.1. The van der Waals surface area contributed by atoms with Crippen LogP contribution < -0.4 is 0 Å². The summed E-state index contributed by atoms with van der Waals surface area (Å²) < 4.78 is 0. The van der Waals surface area contributed by atoms with E-state index in [2.05, 4.69) is 4.98 Å². The van der Waals surface area contributed by atoms with Crippen molar-refractivity contribution in [2.24, 2.45) is 0 Å². The lowest BCUT2D eigenvalue weighted by atomic mass is 9.96. The highest BCUT2D eigenvalue weighted by atomic mass is 16.4. The number of aromatic nitrogens is 1. The number of benzene rings is 2. The van der Waals surface area contributed by atoms with Crippen LogP contribution in [0.4, 0.5) is 0 Å². The number of aliphatic hydroxyl groups is 2. The Morgan fingerprint density at radius 2 is 1.84 bits per heavy atom. The van der Waals surface area contributed by atoms with E-state index in [0.29, 0.717) is 12.0 Å². The van der Waals surface area contributed by atoms with E-state index in [0.717, 1.165) is 33.3 Å². The second-order valence-corrected chi connectivity index (χ2v) is 7.93. The van der Waals surface area contributed by atoms with Crippen LogP contribution in [0.5, 0.6) is 0 Å². The average Bonchev–Trinajstić information content (AvgIpc) is 3.15. The molecule has 0 saturated carbocycles. The molecule has 31 heavy (non-hydrogen) atoms. The number of carbonyl (C=O) groups excluding carboxylic acids is 1. The summed E-state index contributed by atoms with van der Waals surface area (Å²) in [5.74, 6) is -1.52. The maximum absolute atomic E-state index is 13.2. The lowest BCUT2D eigenvalue weighted by Gasteiger charge is -2.22. The third-order valence-electron chi connectivity index (χ3n) is 5.76. The molecule has 3 aromatic rings. The fourth-order valence-electron chi connectivity index (χ4n) is 4.31. The normalized spacial score (nSPS) is 18.5. The van der Waals surface area contributed by atoms with Gasteiger partial charge in [0.1, 0.15) is 6.04 Å². The molecule has 7 heteroatoms. The summed E-state index contributed by atoms with van der Waals surface area (Å²) in [6.07, 6.45) is -0.395. The van der Waals surface area contributed by atoms with Gasteiger partial charge in [0.2, 0.25) is 0 Å². The van der Waals surface area contributed by atoms with Crippen LogP contribution in [0.25, 0.3) is 10.9 Å². The predicted octanol–water partition coefficient (Wildman–Crippen LogP) is 2.29. The van der Waals surface area contributed by atoms with E-state index < -0.39 is 24.0 Å². The van der Waals surface area contributed by atoms with Crippen molar-refractivity contribution in [3.8, 4) is 0 Å². The molecule has 0 spiro atoms. The number of rotatable bonds is 5. The van der Waals surface area contributed by atoms with Crippen molar-refractivity contribution in [1.82, 2.24) is 9.88 Å². The summed E-state index contributed by atoms with van der Waals surface area (Å²) in [4.78, 5) is 30.7. The number of carboxylic acids is 1. The number of para-hydroxylation sites is 1. The topological polar surface area (TPSA) is 111 Å². The first-order valence-electron chi connectivity index (χ1n) is 10.2. The number of carbonyl (C=O) groups is 2. The number of hydrogen-bond donors (Lipinski definition) is 3. The molecule has 0 unspecified atom stereocenters. The molecule has 4 rings (SSSR count). The number of aliphatic carboxylic acids is 1. The number of fused-ring (bicyclic) bond motifs is 1. The van der Waals surface area contributed by atoms with Gasteiger partial charge in [-0.25, -0.2) is 4.79 Å². The SMILES string of the molecule is Cc1cc(CO)c2cccc(Cc3ccccc3C(=O)N3C[C@H](O)C[C@H]3C(=O)O)c2n1. The molecule has 2 aromatic carbocycles. The molecule has 1 saturated heterocycles. The van der Waals surface area contributed by atoms with Crippen LogP contribution in [-0.4, -0.2) is 55.8 Å². The Labute approximate surface area is 179 Å². The number of hydrogen-bond acceptors (Lipinski definition) is 5. The third-order valence-corrected chi connectivity index (χ3v) is 5.76. The van der Waals surface area contributed by atoms with Crippen LogP contribution in [0.3, 0.4) is 0 Å². The van der Waals surface area contributed by atoms with E-state index in [1.807, 2.05) is 43.3 Å². The van der Waals surface area contributed by atoms with Gasteiger partial charge in [0.05, 0.1) is 18.2 Å². The number of aryl methyl sites for hydroxylation is 1. The standard InChI is InChI=1S/C24H24N2O5/c1-14-9-17(13-27)19-8-4-6-16(22(19)25-14)10-15-5-2-3-7-20(15)23(29)26-12-18(28)11-21(26)24(30)31/h2-9,18,21,27-28H,10-13H2,1H3,(H,30,31)/t18-,21+/m1/s1. The summed E-state index contributed by atoms with van der Waals surface area (Å²) in [7, 11) is 0. The van der Waals surface area contributed by atoms with Crippen LogP contribution in [0, 0.1) is 6.92 Å². The Morgan fingerprint density at radius 1 is 1.10 bits per heavy atom. The molecule has 0 bridgehead atoms. The van der Waals surface area contributed by atoms with Crippen molar-refractivity contribution in [2.45, 2.75) is 38.5 Å². The monoisotopic (exact) mass is 420 g/mol. The fraction of sp³-hybridized carbons (Fsp3) is 0.292. The molecule has 1 aliphatic rings. The molecule has 1 aromatic heterocycles. The highest BCUT2D eigenvalue weighted by Crippen LogP contribution is 2.27. The summed E-state index contributed by atoms with van der Waals surface area (Å²) in [6, 6.07) is 13.7. The minimum Gasteiger partial charge on any atom is -0.480 e. The summed E-state index contributed by atoms with van der Waals surface area (Å²) >= 11 is 0. The molecule has 0 aliphatic carbocycles. The highest BCUT2D eigenvalue weighted by molar-refractivity contribution is 5.98. The number of likely N-dealkylation sites (tertiary alicyclic amines) is 1. The van der Waals surface area contributed by atoms with Crippen molar-refractivity contribution < 1.29 is 24.9 Å². The first kappa shape index (κ1) is 21.0. The first-order valence-corrected chi connectivity index (χ1v) is 10.2. The van der Waals surface area contributed by atoms with Crippen molar-refractivity contribution >= 4 is 22.8 Å². The van der Waals surface area contributed by atoms with Crippen LogP contribution in [0.2, 0.25) is 0 Å². The van der Waals surface area contributed by atoms with Gasteiger partial charge in [-0.2, -0.15) is 0 Å². The lowest BCUT2D eigenvalue weighted by Crippen LogP contribution is -2.41. The molecule has 1 amide bonds. The van der Waals surface area contributed by atoms with E-state index >= 15 is 0 Å². The maximum atomic E-state index is 13.2. The number of nitrogens with zero attached hydrogens (tertiary/aromatic N) is 2. The third kappa shape index (κ3) is 4.02. The minimum absolute atomic E-state index is 0.000980. The first-order chi connectivity index (χ1) is 14.9. The van der Waals surface area contributed by atoms with Gasteiger partial charge >= 0.3 is 5.97 Å². The summed E-state index contributed by atoms with van der Waals surface area (Å²) in [5.41, 5.74) is 4.43. The van der Waals surface area contributed by atoms with E-state index in [4.69, 9.17) is 0 Å². The van der Waals surface area contributed by atoms with E-state index in [-0.39, 0.29) is 19.6 Å². The molecule has 7 nitrogen and oxygen atoms in total. The maximum Gasteiger partial charge on any atom is 0.326 e. The smallest absolute Gasteiger partial charge is 0.326 e. The van der Waals surface area contributed by atoms with Gasteiger partial charge in [-0.05, 0) is 35.7 Å². The zero-order valence-electron chi connectivity index (χ0n) is 17.2. The van der Waals surface area contributed by atoms with Gasteiger partial charge in [0.15, 0.2) is 0 Å². The largest absolute Gasteiger partial charge is 0.480 e. The van der Waals surface area contributed by atoms with Gasteiger partial charge in [-0.15, -0.1) is 0 Å². The minimum atomic E-state index is -1.12. The Balaban J connectivity index is 1.73. The van der Waals surface area contributed by atoms with E-state index in [1.54, 1.807) is 12.1 Å².